The molecule has 0 spiro atoms. The number of fused-ring (bicyclic) bond motifs is 1. The lowest BCUT2D eigenvalue weighted by molar-refractivity contribution is -0.132. The summed E-state index contributed by atoms with van der Waals surface area (Å²) in [5.74, 6) is 0.573. The van der Waals surface area contributed by atoms with E-state index in [2.05, 4.69) is 16.4 Å². The van der Waals surface area contributed by atoms with Gasteiger partial charge in [0.15, 0.2) is 11.6 Å². The Balaban J connectivity index is 1.25. The standard InChI is InChI=1S/C26H32N4O4/c1-18-9-11-22-23(31)7-3-5-19(17-30(18)22)6-4-8-25(32)29-15-13-20(14-16-29)26(33)21-10-12-24(34-2)28-27-21/h9-12,17,20H,3-8,13-16H2,1-2H3/b19-17+. The van der Waals surface area contributed by atoms with Crippen molar-refractivity contribution in [3.05, 3.63) is 46.9 Å². The van der Waals surface area contributed by atoms with E-state index in [0.29, 0.717) is 50.3 Å². The van der Waals surface area contributed by atoms with Gasteiger partial charge in [0.1, 0.15) is 5.69 Å². The average molecular weight is 465 g/mol. The van der Waals surface area contributed by atoms with Crippen LogP contribution < -0.4 is 4.74 Å². The summed E-state index contributed by atoms with van der Waals surface area (Å²) in [4.78, 5) is 39.7. The maximum atomic E-state index is 12.8. The fourth-order valence-corrected chi connectivity index (χ4v) is 4.77. The van der Waals surface area contributed by atoms with Crippen molar-refractivity contribution in [2.45, 2.75) is 58.3 Å². The summed E-state index contributed by atoms with van der Waals surface area (Å²) in [5.41, 5.74) is 3.44. The van der Waals surface area contributed by atoms with Gasteiger partial charge in [0, 0.05) is 49.8 Å². The maximum absolute atomic E-state index is 12.8. The molecular weight excluding hydrogens is 432 g/mol. The van der Waals surface area contributed by atoms with Crippen molar-refractivity contribution < 1.29 is 19.1 Å². The predicted molar refractivity (Wildman–Crippen MR) is 128 cm³/mol. The minimum atomic E-state index is -0.131. The number of ketones is 2. The molecule has 0 unspecified atom stereocenters. The van der Waals surface area contributed by atoms with E-state index in [1.54, 1.807) is 12.1 Å². The van der Waals surface area contributed by atoms with Gasteiger partial charge in [-0.3, -0.25) is 14.4 Å². The first kappa shape index (κ1) is 23.9. The van der Waals surface area contributed by atoms with Crippen molar-refractivity contribution in [2.75, 3.05) is 20.2 Å². The Morgan fingerprint density at radius 2 is 1.88 bits per heavy atom. The molecule has 0 N–H and O–H groups in total. The van der Waals surface area contributed by atoms with Crippen LogP contribution in [0.25, 0.3) is 6.20 Å². The maximum Gasteiger partial charge on any atom is 0.233 e. The van der Waals surface area contributed by atoms with E-state index in [1.807, 2.05) is 28.5 Å². The Hall–Kier alpha value is -3.29. The lowest BCUT2D eigenvalue weighted by Gasteiger charge is -2.31. The van der Waals surface area contributed by atoms with Crippen LogP contribution in [0.3, 0.4) is 0 Å². The number of amides is 1. The fourth-order valence-electron chi connectivity index (χ4n) is 4.77. The number of hydrogen-bond acceptors (Lipinski definition) is 6. The molecule has 4 rings (SSSR count). The summed E-state index contributed by atoms with van der Waals surface area (Å²) in [5, 5.41) is 7.84. The number of carbonyl (C=O) groups excluding carboxylic acids is 3. The Labute approximate surface area is 200 Å². The third-order valence-corrected chi connectivity index (χ3v) is 6.83. The van der Waals surface area contributed by atoms with E-state index >= 15 is 0 Å². The normalized spacial score (nSPS) is 18.5. The van der Waals surface area contributed by atoms with E-state index in [1.165, 1.54) is 12.7 Å². The topological polar surface area (TPSA) is 94.4 Å². The number of aryl methyl sites for hydroxylation is 1. The minimum Gasteiger partial charge on any atom is -0.480 e. The second-order valence-corrected chi connectivity index (χ2v) is 9.13. The third-order valence-electron chi connectivity index (χ3n) is 6.83. The van der Waals surface area contributed by atoms with Gasteiger partial charge in [0.2, 0.25) is 11.8 Å². The summed E-state index contributed by atoms with van der Waals surface area (Å²) < 4.78 is 6.99. The highest BCUT2D eigenvalue weighted by molar-refractivity contribution is 5.96. The van der Waals surface area contributed by atoms with Gasteiger partial charge in [-0.25, -0.2) is 0 Å². The molecule has 1 fully saturated rings. The molecule has 4 heterocycles. The molecule has 0 aromatic carbocycles. The molecule has 2 aromatic heterocycles. The molecular formula is C26H32N4O4. The molecule has 180 valence electrons. The lowest BCUT2D eigenvalue weighted by Crippen LogP contribution is -2.40. The number of Topliss-reactive ketones (excluding diaryl/α,β-unsaturated/α-hetero) is 2. The van der Waals surface area contributed by atoms with Gasteiger partial charge < -0.3 is 14.2 Å². The summed E-state index contributed by atoms with van der Waals surface area (Å²) >= 11 is 0. The summed E-state index contributed by atoms with van der Waals surface area (Å²) in [6.45, 7) is 3.19. The highest BCUT2D eigenvalue weighted by Gasteiger charge is 2.28. The van der Waals surface area contributed by atoms with Crippen LogP contribution in [-0.2, 0) is 4.79 Å². The predicted octanol–water partition coefficient (Wildman–Crippen LogP) is 4.09. The monoisotopic (exact) mass is 464 g/mol. The molecule has 1 saturated heterocycles. The van der Waals surface area contributed by atoms with Gasteiger partial charge in [0.05, 0.1) is 12.8 Å². The molecule has 0 saturated carbocycles. The van der Waals surface area contributed by atoms with E-state index in [-0.39, 0.29) is 23.4 Å². The number of carbonyl (C=O) groups is 3. The van der Waals surface area contributed by atoms with Crippen LogP contribution >= 0.6 is 0 Å². The van der Waals surface area contributed by atoms with Gasteiger partial charge in [-0.05, 0) is 63.6 Å². The number of rotatable bonds is 7. The molecule has 0 aliphatic carbocycles. The van der Waals surface area contributed by atoms with E-state index in [9.17, 15) is 14.4 Å². The minimum absolute atomic E-state index is 0.0170. The molecule has 0 radical (unpaired) electrons. The van der Waals surface area contributed by atoms with Crippen LogP contribution in [0, 0.1) is 12.8 Å². The molecule has 2 aliphatic heterocycles. The second-order valence-electron chi connectivity index (χ2n) is 9.13. The van der Waals surface area contributed by atoms with E-state index in [4.69, 9.17) is 4.74 Å². The summed E-state index contributed by atoms with van der Waals surface area (Å²) in [6.07, 6.45) is 7.82. The highest BCUT2D eigenvalue weighted by atomic mass is 16.5. The number of hydrogen-bond donors (Lipinski definition) is 0. The van der Waals surface area contributed by atoms with E-state index < -0.39 is 0 Å². The molecule has 0 atom stereocenters. The van der Waals surface area contributed by atoms with Gasteiger partial charge >= 0.3 is 0 Å². The molecule has 34 heavy (non-hydrogen) atoms. The zero-order chi connectivity index (χ0) is 24.1. The highest BCUT2D eigenvalue weighted by Crippen LogP contribution is 2.25. The Bertz CT molecular complexity index is 1080. The second kappa shape index (κ2) is 10.8. The Kier molecular flexibility index (Phi) is 7.55. The lowest BCUT2D eigenvalue weighted by atomic mass is 9.90. The molecule has 2 aliphatic rings. The van der Waals surface area contributed by atoms with Crippen molar-refractivity contribution in [1.29, 1.82) is 0 Å². The molecule has 2 aromatic rings. The van der Waals surface area contributed by atoms with Crippen LogP contribution in [0.5, 0.6) is 5.88 Å². The Morgan fingerprint density at radius 1 is 1.09 bits per heavy atom. The van der Waals surface area contributed by atoms with Gasteiger partial charge in [-0.2, -0.15) is 0 Å². The first-order valence-corrected chi connectivity index (χ1v) is 12.1. The van der Waals surface area contributed by atoms with Gasteiger partial charge in [-0.1, -0.05) is 5.57 Å². The molecule has 0 bridgehead atoms. The van der Waals surface area contributed by atoms with Gasteiger partial charge in [0.25, 0.3) is 0 Å². The van der Waals surface area contributed by atoms with Crippen molar-refractivity contribution in [1.82, 2.24) is 19.7 Å². The largest absolute Gasteiger partial charge is 0.480 e. The van der Waals surface area contributed by atoms with Crippen LogP contribution in [0.4, 0.5) is 0 Å². The smallest absolute Gasteiger partial charge is 0.233 e. The fraction of sp³-hybridized carbons (Fsp3) is 0.500. The zero-order valence-corrected chi connectivity index (χ0v) is 20.0. The number of methoxy groups -OCH3 is 1. The molecule has 8 heteroatoms. The van der Waals surface area contributed by atoms with Crippen molar-refractivity contribution in [2.24, 2.45) is 5.92 Å². The van der Waals surface area contributed by atoms with Gasteiger partial charge in [-0.15, -0.1) is 10.2 Å². The van der Waals surface area contributed by atoms with Crippen molar-refractivity contribution in [3.63, 3.8) is 0 Å². The number of piperidine rings is 1. The van der Waals surface area contributed by atoms with Crippen LogP contribution in [-0.4, -0.2) is 57.3 Å². The quantitative estimate of drug-likeness (QED) is 0.573. The number of aromatic nitrogens is 3. The van der Waals surface area contributed by atoms with E-state index in [0.717, 1.165) is 37.1 Å². The summed E-state index contributed by atoms with van der Waals surface area (Å²) in [6, 6.07) is 7.16. The molecule has 8 nitrogen and oxygen atoms in total. The van der Waals surface area contributed by atoms with Crippen LogP contribution in [0.1, 0.15) is 78.0 Å². The number of allylic oxidation sites excluding steroid dienone is 1. The zero-order valence-electron chi connectivity index (χ0n) is 20.0. The van der Waals surface area contributed by atoms with Crippen molar-refractivity contribution >= 4 is 23.7 Å². The first-order chi connectivity index (χ1) is 16.5. The van der Waals surface area contributed by atoms with Crippen LogP contribution in [0.15, 0.2) is 29.8 Å². The third kappa shape index (κ3) is 5.43. The van der Waals surface area contributed by atoms with Crippen LogP contribution in [0.2, 0.25) is 0 Å². The summed E-state index contributed by atoms with van der Waals surface area (Å²) in [7, 11) is 1.51. The number of likely N-dealkylation sites (tertiary alicyclic amines) is 1. The first-order valence-electron chi connectivity index (χ1n) is 12.1. The number of ether oxygens (including phenoxy) is 1. The average Bonchev–Trinajstić information content (AvgIpc) is 3.21. The van der Waals surface area contributed by atoms with Crippen molar-refractivity contribution in [3.8, 4) is 5.88 Å². The number of nitrogens with zero attached hydrogens (tertiary/aromatic N) is 4. The molecule has 1 amide bonds. The SMILES string of the molecule is COc1ccc(C(=O)C2CCN(C(=O)CCC/C3=C/n4c(C)ccc4C(=O)CCC3)CC2)nn1. The Morgan fingerprint density at radius 3 is 2.59 bits per heavy atom.